The fourth-order valence-corrected chi connectivity index (χ4v) is 4.00. The van der Waals surface area contributed by atoms with Crippen molar-refractivity contribution >= 4 is 59.1 Å². The molecule has 0 radical (unpaired) electrons. The first-order chi connectivity index (χ1) is 24.4. The predicted molar refractivity (Wildman–Crippen MR) is 176 cm³/mol. The summed E-state index contributed by atoms with van der Waals surface area (Å²) in [5, 5.41) is 43.5. The molecule has 52 heavy (non-hydrogen) atoms. The maximum atomic E-state index is 13.0. The van der Waals surface area contributed by atoms with Gasteiger partial charge in [0.2, 0.25) is 53.2 Å². The molecule has 24 nitrogen and oxygen atoms in total. The second kappa shape index (κ2) is 24.6. The van der Waals surface area contributed by atoms with Crippen LogP contribution < -0.4 is 60.2 Å². The van der Waals surface area contributed by atoms with Crippen molar-refractivity contribution in [3.63, 3.8) is 0 Å². The monoisotopic (exact) mass is 747 g/mol. The average Bonchev–Trinajstić information content (AvgIpc) is 3.07. The molecule has 0 spiro atoms. The van der Waals surface area contributed by atoms with E-state index >= 15 is 0 Å². The lowest BCUT2D eigenvalue weighted by Gasteiger charge is -2.24. The Labute approximate surface area is 297 Å². The van der Waals surface area contributed by atoms with E-state index in [1.807, 2.05) is 10.6 Å². The van der Waals surface area contributed by atoms with E-state index in [-0.39, 0.29) is 12.8 Å². The highest BCUT2D eigenvalue weighted by Crippen LogP contribution is 2.04. The normalized spacial score (nSPS) is 14.1. The average molecular weight is 748 g/mol. The Morgan fingerprint density at radius 2 is 1.06 bits per heavy atom. The van der Waals surface area contributed by atoms with Gasteiger partial charge in [0.25, 0.3) is 0 Å². The zero-order valence-corrected chi connectivity index (χ0v) is 28.5. The summed E-state index contributed by atoms with van der Waals surface area (Å²) in [6, 6.07) is -8.69. The molecule has 294 valence electrons. The zero-order valence-electron chi connectivity index (χ0n) is 28.5. The molecule has 0 rings (SSSR count). The molecule has 0 aliphatic rings. The van der Waals surface area contributed by atoms with Crippen LogP contribution in [0, 0.1) is 0 Å². The Balaban J connectivity index is 5.34. The molecule has 0 aromatic heterocycles. The van der Waals surface area contributed by atoms with Crippen LogP contribution in [0.4, 0.5) is 0 Å². The first kappa shape index (κ1) is 46.5. The minimum absolute atomic E-state index is 0.123. The van der Waals surface area contributed by atoms with E-state index in [0.29, 0.717) is 19.4 Å². The molecule has 0 bridgehead atoms. The number of aliphatic hydroxyl groups is 2. The molecule has 18 N–H and O–H groups in total. The summed E-state index contributed by atoms with van der Waals surface area (Å²) in [4.78, 5) is 121. The number of carboxylic acids is 1. The van der Waals surface area contributed by atoms with Gasteiger partial charge < -0.3 is 75.5 Å². The smallest absolute Gasteiger partial charge is 0.326 e. The number of primary amides is 2. The number of aliphatic hydroxyl groups excluding tert-OH is 2. The topological polar surface area (TPSA) is 420 Å². The molecule has 0 saturated heterocycles. The van der Waals surface area contributed by atoms with Gasteiger partial charge in [-0.25, -0.2) is 4.79 Å². The molecule has 0 aromatic rings. The van der Waals surface area contributed by atoms with Crippen LogP contribution >= 0.6 is 0 Å². The maximum Gasteiger partial charge on any atom is 0.326 e. The molecular formula is C28H49N11O13. The van der Waals surface area contributed by atoms with Crippen LogP contribution in [0.25, 0.3) is 0 Å². The molecule has 0 aliphatic heterocycles. The van der Waals surface area contributed by atoms with Crippen LogP contribution in [0.5, 0.6) is 0 Å². The Morgan fingerprint density at radius 3 is 1.56 bits per heavy atom. The first-order valence-electron chi connectivity index (χ1n) is 15.9. The largest absolute Gasteiger partial charge is 0.480 e. The third-order valence-electron chi connectivity index (χ3n) is 6.84. The molecular weight excluding hydrogens is 698 g/mol. The lowest BCUT2D eigenvalue weighted by atomic mass is 10.1. The SMILES string of the molecule is CC(N)C(=O)NC(CCCCN)C(=O)NC(CO)C(=O)NC(CCC(N)=O)C(=O)NCC(=O)NCC(=O)NC(CO)C(=O)NC(CC(N)=O)C(=O)O. The molecule has 6 unspecified atom stereocenters. The van der Waals surface area contributed by atoms with Crippen LogP contribution in [0.3, 0.4) is 0 Å². The van der Waals surface area contributed by atoms with Crippen molar-refractivity contribution in [2.45, 2.75) is 81.7 Å². The lowest BCUT2D eigenvalue weighted by Crippen LogP contribution is -2.59. The summed E-state index contributed by atoms with van der Waals surface area (Å²) in [5.74, 6) is -10.3. The van der Waals surface area contributed by atoms with E-state index in [0.717, 1.165) is 0 Å². The summed E-state index contributed by atoms with van der Waals surface area (Å²) < 4.78 is 0. The number of carbonyl (C=O) groups excluding carboxylic acids is 9. The Kier molecular flexibility index (Phi) is 22.1. The number of aliphatic carboxylic acids is 1. The van der Waals surface area contributed by atoms with Crippen LogP contribution in [-0.4, -0.2) is 144 Å². The zero-order chi connectivity index (χ0) is 40.0. The van der Waals surface area contributed by atoms with Crippen molar-refractivity contribution < 1.29 is 63.3 Å². The van der Waals surface area contributed by atoms with Gasteiger partial charge in [0.15, 0.2) is 0 Å². The molecule has 24 heteroatoms. The Morgan fingerprint density at radius 1 is 0.577 bits per heavy atom. The number of hydrogen-bond acceptors (Lipinski definition) is 14. The highest BCUT2D eigenvalue weighted by molar-refractivity contribution is 5.96. The van der Waals surface area contributed by atoms with E-state index in [9.17, 15) is 58.2 Å². The Bertz CT molecular complexity index is 1300. The van der Waals surface area contributed by atoms with Crippen LogP contribution in [0.2, 0.25) is 0 Å². The lowest BCUT2D eigenvalue weighted by molar-refractivity contribution is -0.144. The third-order valence-corrected chi connectivity index (χ3v) is 6.84. The van der Waals surface area contributed by atoms with Crippen LogP contribution in [0.15, 0.2) is 0 Å². The van der Waals surface area contributed by atoms with E-state index in [1.54, 1.807) is 0 Å². The van der Waals surface area contributed by atoms with Crippen LogP contribution in [-0.2, 0) is 47.9 Å². The number of nitrogens with two attached hydrogens (primary N) is 4. The van der Waals surface area contributed by atoms with Crippen molar-refractivity contribution in [3.8, 4) is 0 Å². The summed E-state index contributed by atoms with van der Waals surface area (Å²) in [7, 11) is 0. The van der Waals surface area contributed by atoms with E-state index < -0.39 is 135 Å². The highest BCUT2D eigenvalue weighted by atomic mass is 16.4. The minimum atomic E-state index is -1.74. The maximum absolute atomic E-state index is 13.0. The van der Waals surface area contributed by atoms with Gasteiger partial charge in [-0.1, -0.05) is 0 Å². The molecule has 0 heterocycles. The molecule has 6 atom stereocenters. The molecule has 0 aromatic carbocycles. The van der Waals surface area contributed by atoms with Gasteiger partial charge in [0.1, 0.15) is 30.2 Å². The van der Waals surface area contributed by atoms with Gasteiger partial charge in [0, 0.05) is 6.42 Å². The quantitative estimate of drug-likeness (QED) is 0.0365. The number of nitrogens with one attached hydrogen (secondary N) is 7. The number of amides is 9. The molecule has 0 saturated carbocycles. The van der Waals surface area contributed by atoms with Crippen LogP contribution in [0.1, 0.15) is 45.4 Å². The van der Waals surface area contributed by atoms with Gasteiger partial charge >= 0.3 is 5.97 Å². The second-order valence-corrected chi connectivity index (χ2v) is 11.3. The van der Waals surface area contributed by atoms with Crippen molar-refractivity contribution in [3.05, 3.63) is 0 Å². The number of rotatable bonds is 26. The van der Waals surface area contributed by atoms with Crippen molar-refractivity contribution in [1.82, 2.24) is 37.2 Å². The van der Waals surface area contributed by atoms with Gasteiger partial charge in [-0.3, -0.25) is 43.2 Å². The third kappa shape index (κ3) is 19.1. The fourth-order valence-electron chi connectivity index (χ4n) is 4.00. The van der Waals surface area contributed by atoms with Crippen molar-refractivity contribution in [2.75, 3.05) is 32.8 Å². The molecule has 0 aliphatic carbocycles. The predicted octanol–water partition coefficient (Wildman–Crippen LogP) is -8.67. The van der Waals surface area contributed by atoms with E-state index in [1.165, 1.54) is 6.92 Å². The summed E-state index contributed by atoms with van der Waals surface area (Å²) in [6.07, 6.45) is -0.495. The summed E-state index contributed by atoms with van der Waals surface area (Å²) in [6.45, 7) is -1.82. The fraction of sp³-hybridized carbons (Fsp3) is 0.643. The van der Waals surface area contributed by atoms with E-state index in [2.05, 4.69) is 26.6 Å². The van der Waals surface area contributed by atoms with Gasteiger partial charge in [-0.05, 0) is 39.2 Å². The number of carboxylic acid groups (broad SMARTS) is 1. The first-order valence-corrected chi connectivity index (χ1v) is 15.9. The van der Waals surface area contributed by atoms with Crippen molar-refractivity contribution in [1.29, 1.82) is 0 Å². The molecule has 0 fully saturated rings. The van der Waals surface area contributed by atoms with E-state index in [4.69, 9.17) is 28.0 Å². The highest BCUT2D eigenvalue weighted by Gasteiger charge is 2.31. The minimum Gasteiger partial charge on any atom is -0.480 e. The number of hydrogen-bond donors (Lipinski definition) is 14. The van der Waals surface area contributed by atoms with Crippen molar-refractivity contribution in [2.24, 2.45) is 22.9 Å². The number of unbranched alkanes of at least 4 members (excludes halogenated alkanes) is 1. The van der Waals surface area contributed by atoms with Gasteiger partial charge in [-0.2, -0.15) is 0 Å². The Hall–Kier alpha value is -5.46. The summed E-state index contributed by atoms with van der Waals surface area (Å²) >= 11 is 0. The standard InChI is InChI=1S/C28H49N11O13/c1-13(30)23(46)36-14(4-2-3-7-29)25(48)39-18(12-41)27(50)37-15(5-6-19(31)42)24(47)34-9-21(44)33-10-22(45)35-17(11-40)26(49)38-16(28(51)52)8-20(32)43/h13-18,40-41H,2-12,29-30H2,1H3,(H2,31,42)(H2,32,43)(H,33,44)(H,34,47)(H,35,45)(H,36,46)(H,37,50)(H,38,49)(H,39,48)(H,51,52). The van der Waals surface area contributed by atoms with Gasteiger partial charge in [-0.15, -0.1) is 0 Å². The number of carbonyl (C=O) groups is 10. The summed E-state index contributed by atoms with van der Waals surface area (Å²) in [5.41, 5.74) is 21.1. The second-order valence-electron chi connectivity index (χ2n) is 11.3. The molecule has 9 amide bonds. The van der Waals surface area contributed by atoms with Gasteiger partial charge in [0.05, 0.1) is 38.8 Å².